The lowest BCUT2D eigenvalue weighted by Gasteiger charge is -2.33. The molecule has 1 saturated heterocycles. The Morgan fingerprint density at radius 2 is 2.00 bits per heavy atom. The van der Waals surface area contributed by atoms with Crippen molar-refractivity contribution >= 4 is 0 Å². The van der Waals surface area contributed by atoms with Crippen LogP contribution < -0.4 is 0 Å². The van der Waals surface area contributed by atoms with E-state index in [9.17, 15) is 8.78 Å². The molecule has 3 unspecified atom stereocenters. The highest BCUT2D eigenvalue weighted by molar-refractivity contribution is 4.79. The summed E-state index contributed by atoms with van der Waals surface area (Å²) in [4.78, 5) is 1.42. The molecule has 0 bridgehead atoms. The van der Waals surface area contributed by atoms with Crippen molar-refractivity contribution in [2.24, 2.45) is 5.92 Å². The molecule has 0 aliphatic carbocycles. The summed E-state index contributed by atoms with van der Waals surface area (Å²) in [6, 6.07) is 0. The van der Waals surface area contributed by atoms with E-state index in [1.807, 2.05) is 0 Å². The van der Waals surface area contributed by atoms with Crippen molar-refractivity contribution in [3.8, 4) is 0 Å². The third-order valence-electron chi connectivity index (χ3n) is 2.16. The molecular formula is C7H13F2N. The second-order valence-electron chi connectivity index (χ2n) is 3.06. The number of rotatable bonds is 0. The third kappa shape index (κ3) is 1.29. The van der Waals surface area contributed by atoms with Crippen LogP contribution in [-0.2, 0) is 0 Å². The number of piperidine rings is 1. The summed E-state index contributed by atoms with van der Waals surface area (Å²) < 4.78 is 25.6. The van der Waals surface area contributed by atoms with Crippen LogP contribution in [0.2, 0.25) is 0 Å². The molecule has 0 N–H and O–H groups in total. The Morgan fingerprint density at radius 1 is 1.40 bits per heavy atom. The number of hydrogen-bond acceptors (Lipinski definition) is 1. The molecule has 0 radical (unpaired) electrons. The summed E-state index contributed by atoms with van der Waals surface area (Å²) in [5, 5.41) is 0. The van der Waals surface area contributed by atoms with Gasteiger partial charge >= 0.3 is 0 Å². The minimum absolute atomic E-state index is 0.119. The van der Waals surface area contributed by atoms with E-state index in [0.717, 1.165) is 6.42 Å². The lowest BCUT2D eigenvalue weighted by atomic mass is 9.97. The van der Waals surface area contributed by atoms with Crippen LogP contribution in [0.15, 0.2) is 0 Å². The molecule has 0 amide bonds. The lowest BCUT2D eigenvalue weighted by molar-refractivity contribution is -0.0305. The summed E-state index contributed by atoms with van der Waals surface area (Å²) in [7, 11) is 1.61. The van der Waals surface area contributed by atoms with Crippen molar-refractivity contribution in [3.05, 3.63) is 0 Å². The second kappa shape index (κ2) is 2.82. The van der Waals surface area contributed by atoms with Crippen molar-refractivity contribution in [1.82, 2.24) is 4.90 Å². The predicted octanol–water partition coefficient (Wildman–Crippen LogP) is 1.59. The topological polar surface area (TPSA) is 3.24 Å². The normalized spacial score (nSPS) is 43.8. The maximum Gasteiger partial charge on any atom is 0.185 e. The quantitative estimate of drug-likeness (QED) is 0.473. The number of nitrogens with zero attached hydrogens (tertiary/aromatic N) is 1. The number of likely N-dealkylation sites (tertiary alicyclic amines) is 1. The van der Waals surface area contributed by atoms with E-state index in [1.165, 1.54) is 4.90 Å². The van der Waals surface area contributed by atoms with Gasteiger partial charge in [0.15, 0.2) is 6.30 Å². The summed E-state index contributed by atoms with van der Waals surface area (Å²) >= 11 is 0. The fourth-order valence-electron chi connectivity index (χ4n) is 1.20. The molecule has 3 atom stereocenters. The molecule has 3 heteroatoms. The molecule has 1 fully saturated rings. The second-order valence-corrected chi connectivity index (χ2v) is 3.06. The van der Waals surface area contributed by atoms with E-state index >= 15 is 0 Å². The SMILES string of the molecule is CC1CCN(C)C(F)C1F. The van der Waals surface area contributed by atoms with Crippen LogP contribution in [0.5, 0.6) is 0 Å². The fourth-order valence-corrected chi connectivity index (χ4v) is 1.20. The Hall–Kier alpha value is -0.180. The number of hydrogen-bond donors (Lipinski definition) is 0. The van der Waals surface area contributed by atoms with Crippen LogP contribution in [0, 0.1) is 5.92 Å². The van der Waals surface area contributed by atoms with Crippen LogP contribution in [-0.4, -0.2) is 31.0 Å². The third-order valence-corrected chi connectivity index (χ3v) is 2.16. The number of alkyl halides is 2. The highest BCUT2D eigenvalue weighted by atomic mass is 19.2. The van der Waals surface area contributed by atoms with Gasteiger partial charge in [0.05, 0.1) is 0 Å². The number of halogens is 2. The summed E-state index contributed by atoms with van der Waals surface area (Å²) in [6.45, 7) is 2.42. The zero-order chi connectivity index (χ0) is 7.72. The van der Waals surface area contributed by atoms with Crippen molar-refractivity contribution in [2.75, 3.05) is 13.6 Å². The van der Waals surface area contributed by atoms with Crippen molar-refractivity contribution in [1.29, 1.82) is 0 Å². The van der Waals surface area contributed by atoms with Gasteiger partial charge in [-0.1, -0.05) is 6.92 Å². The largest absolute Gasteiger partial charge is 0.275 e. The van der Waals surface area contributed by atoms with Crippen molar-refractivity contribution in [3.63, 3.8) is 0 Å². The van der Waals surface area contributed by atoms with E-state index in [2.05, 4.69) is 0 Å². The molecule has 0 spiro atoms. The first-order chi connectivity index (χ1) is 4.63. The standard InChI is InChI=1S/C7H13F2N/c1-5-3-4-10(2)7(9)6(5)8/h5-7H,3-4H2,1-2H3. The minimum Gasteiger partial charge on any atom is -0.275 e. The van der Waals surface area contributed by atoms with Crippen LogP contribution >= 0.6 is 0 Å². The van der Waals surface area contributed by atoms with Crippen LogP contribution in [0.25, 0.3) is 0 Å². The Balaban J connectivity index is 2.52. The van der Waals surface area contributed by atoms with Crippen molar-refractivity contribution in [2.45, 2.75) is 25.8 Å². The summed E-state index contributed by atoms with van der Waals surface area (Å²) in [6.07, 6.45) is -1.92. The fraction of sp³-hybridized carbons (Fsp3) is 1.00. The van der Waals surface area contributed by atoms with Gasteiger partial charge < -0.3 is 0 Å². The lowest BCUT2D eigenvalue weighted by Crippen LogP contribution is -2.45. The maximum absolute atomic E-state index is 12.8. The first-order valence-electron chi connectivity index (χ1n) is 3.61. The van der Waals surface area contributed by atoms with Gasteiger partial charge in [0.25, 0.3) is 0 Å². The zero-order valence-electron chi connectivity index (χ0n) is 6.35. The van der Waals surface area contributed by atoms with Gasteiger partial charge in [0.2, 0.25) is 0 Å². The van der Waals surface area contributed by atoms with E-state index < -0.39 is 12.5 Å². The molecule has 1 aliphatic rings. The van der Waals surface area contributed by atoms with Gasteiger partial charge in [0, 0.05) is 6.54 Å². The Labute approximate surface area is 60.0 Å². The first kappa shape index (κ1) is 7.92. The first-order valence-corrected chi connectivity index (χ1v) is 3.61. The highest BCUT2D eigenvalue weighted by Crippen LogP contribution is 2.24. The molecule has 0 aromatic carbocycles. The summed E-state index contributed by atoms with van der Waals surface area (Å²) in [5.74, 6) is -0.119. The zero-order valence-corrected chi connectivity index (χ0v) is 6.35. The van der Waals surface area contributed by atoms with Gasteiger partial charge in [-0.2, -0.15) is 0 Å². The van der Waals surface area contributed by atoms with E-state index in [-0.39, 0.29) is 5.92 Å². The van der Waals surface area contributed by atoms with Gasteiger partial charge in [0.1, 0.15) is 6.17 Å². The Bertz CT molecular complexity index is 104. The Morgan fingerprint density at radius 3 is 2.50 bits per heavy atom. The molecule has 1 aliphatic heterocycles. The Kier molecular flexibility index (Phi) is 2.24. The average molecular weight is 149 g/mol. The molecule has 60 valence electrons. The van der Waals surface area contributed by atoms with Gasteiger partial charge in [-0.05, 0) is 19.4 Å². The molecule has 0 aromatic heterocycles. The van der Waals surface area contributed by atoms with E-state index in [1.54, 1.807) is 14.0 Å². The predicted molar refractivity (Wildman–Crippen MR) is 36.2 cm³/mol. The highest BCUT2D eigenvalue weighted by Gasteiger charge is 2.33. The van der Waals surface area contributed by atoms with Gasteiger partial charge in [-0.3, -0.25) is 4.90 Å². The average Bonchev–Trinajstić information content (AvgIpc) is 1.93. The van der Waals surface area contributed by atoms with Crippen LogP contribution in [0.3, 0.4) is 0 Å². The van der Waals surface area contributed by atoms with Crippen molar-refractivity contribution < 1.29 is 8.78 Å². The molecule has 1 rings (SSSR count). The van der Waals surface area contributed by atoms with Crippen LogP contribution in [0.1, 0.15) is 13.3 Å². The molecular weight excluding hydrogens is 136 g/mol. The minimum atomic E-state index is -1.39. The molecule has 1 nitrogen and oxygen atoms in total. The van der Waals surface area contributed by atoms with Crippen LogP contribution in [0.4, 0.5) is 8.78 Å². The smallest absolute Gasteiger partial charge is 0.185 e. The van der Waals surface area contributed by atoms with Gasteiger partial charge in [-0.25, -0.2) is 8.78 Å². The molecule has 0 aromatic rings. The molecule has 1 heterocycles. The summed E-state index contributed by atoms with van der Waals surface area (Å²) in [5.41, 5.74) is 0. The monoisotopic (exact) mass is 149 g/mol. The molecule has 0 saturated carbocycles. The van der Waals surface area contributed by atoms with Gasteiger partial charge in [-0.15, -0.1) is 0 Å². The molecule has 10 heavy (non-hydrogen) atoms. The maximum atomic E-state index is 12.8. The van der Waals surface area contributed by atoms with E-state index in [0.29, 0.717) is 6.54 Å². The van der Waals surface area contributed by atoms with E-state index in [4.69, 9.17) is 0 Å².